The van der Waals surface area contributed by atoms with Crippen LogP contribution in [-0.2, 0) is 11.3 Å². The highest BCUT2D eigenvalue weighted by Gasteiger charge is 2.16. The number of aromatic nitrogens is 1. The van der Waals surface area contributed by atoms with Crippen LogP contribution in [0.5, 0.6) is 0 Å². The number of ether oxygens (including phenoxy) is 1. The topological polar surface area (TPSA) is 66.5 Å². The van der Waals surface area contributed by atoms with Gasteiger partial charge in [0, 0.05) is 36.3 Å². The summed E-state index contributed by atoms with van der Waals surface area (Å²) in [5, 5.41) is 7.90. The summed E-state index contributed by atoms with van der Waals surface area (Å²) in [7, 11) is 0. The van der Waals surface area contributed by atoms with Crippen molar-refractivity contribution in [2.24, 2.45) is 0 Å². The molecule has 0 saturated carbocycles. The van der Waals surface area contributed by atoms with Crippen molar-refractivity contribution in [2.45, 2.75) is 19.5 Å². The van der Waals surface area contributed by atoms with Gasteiger partial charge in [0.15, 0.2) is 0 Å². The number of hydrogen-bond donors (Lipinski definition) is 2. The van der Waals surface area contributed by atoms with Crippen LogP contribution in [0, 0.1) is 0 Å². The van der Waals surface area contributed by atoms with Crippen molar-refractivity contribution in [2.75, 3.05) is 31.2 Å². The van der Waals surface area contributed by atoms with Gasteiger partial charge in [-0.1, -0.05) is 12.1 Å². The number of urea groups is 1. The third-order valence-corrected chi connectivity index (χ3v) is 4.99. The molecular formula is C17H22N4O2S. The number of nitrogens with one attached hydrogen (secondary N) is 2. The first-order valence-corrected chi connectivity index (χ1v) is 8.96. The Balaban J connectivity index is 1.57. The molecule has 0 unspecified atom stereocenters. The fourth-order valence-corrected chi connectivity index (χ4v) is 3.39. The van der Waals surface area contributed by atoms with Gasteiger partial charge in [-0.25, -0.2) is 9.78 Å². The van der Waals surface area contributed by atoms with E-state index in [9.17, 15) is 4.79 Å². The maximum atomic E-state index is 12.1. The molecular weight excluding hydrogens is 324 g/mol. The van der Waals surface area contributed by atoms with Crippen molar-refractivity contribution >= 4 is 23.2 Å². The van der Waals surface area contributed by atoms with Crippen LogP contribution in [-0.4, -0.2) is 37.3 Å². The van der Waals surface area contributed by atoms with Gasteiger partial charge in [0.25, 0.3) is 0 Å². The third-order valence-electron chi connectivity index (χ3n) is 3.94. The maximum Gasteiger partial charge on any atom is 0.315 e. The highest BCUT2D eigenvalue weighted by Crippen LogP contribution is 2.19. The molecule has 1 atom stereocenters. The Morgan fingerprint density at radius 2 is 2.21 bits per heavy atom. The van der Waals surface area contributed by atoms with Crippen molar-refractivity contribution in [3.8, 4) is 0 Å². The second-order valence-electron chi connectivity index (χ2n) is 5.65. The van der Waals surface area contributed by atoms with E-state index in [1.54, 1.807) is 17.5 Å². The minimum atomic E-state index is -0.173. The van der Waals surface area contributed by atoms with Gasteiger partial charge in [-0.15, -0.1) is 11.3 Å². The zero-order valence-corrected chi connectivity index (χ0v) is 14.5. The van der Waals surface area contributed by atoms with Crippen LogP contribution in [0.4, 0.5) is 10.6 Å². The fraction of sp³-hybridized carbons (Fsp3) is 0.412. The summed E-state index contributed by atoms with van der Waals surface area (Å²) in [4.78, 5) is 20.0. The van der Waals surface area contributed by atoms with Crippen molar-refractivity contribution in [1.82, 2.24) is 15.6 Å². The monoisotopic (exact) mass is 346 g/mol. The first-order chi connectivity index (χ1) is 11.7. The van der Waals surface area contributed by atoms with Crippen molar-refractivity contribution < 1.29 is 9.53 Å². The van der Waals surface area contributed by atoms with Crippen LogP contribution in [0.1, 0.15) is 23.4 Å². The number of morpholine rings is 1. The third kappa shape index (κ3) is 4.24. The number of anilines is 1. The molecule has 0 spiro atoms. The largest absolute Gasteiger partial charge is 0.378 e. The number of hydrogen-bond acceptors (Lipinski definition) is 5. The Morgan fingerprint density at radius 1 is 1.38 bits per heavy atom. The summed E-state index contributed by atoms with van der Waals surface area (Å²) in [6, 6.07) is 7.73. The Kier molecular flexibility index (Phi) is 5.66. The maximum absolute atomic E-state index is 12.1. The van der Waals surface area contributed by atoms with Crippen LogP contribution in [0.15, 0.2) is 35.8 Å². The first kappa shape index (κ1) is 16.7. The Morgan fingerprint density at radius 3 is 2.96 bits per heavy atom. The number of nitrogens with zero attached hydrogens (tertiary/aromatic N) is 2. The molecule has 0 bridgehead atoms. The minimum Gasteiger partial charge on any atom is -0.378 e. The summed E-state index contributed by atoms with van der Waals surface area (Å²) in [6.07, 6.45) is 1.78. The lowest BCUT2D eigenvalue weighted by Gasteiger charge is -2.29. The Hall–Kier alpha value is -2.12. The molecule has 2 N–H and O–H groups in total. The van der Waals surface area contributed by atoms with E-state index in [1.165, 1.54) is 0 Å². The molecule has 3 rings (SSSR count). The van der Waals surface area contributed by atoms with Crippen LogP contribution in [0.2, 0.25) is 0 Å². The van der Waals surface area contributed by atoms with Crippen LogP contribution < -0.4 is 15.5 Å². The molecule has 0 aromatic carbocycles. The average Bonchev–Trinajstić information content (AvgIpc) is 3.16. The summed E-state index contributed by atoms with van der Waals surface area (Å²) >= 11 is 1.64. The van der Waals surface area contributed by atoms with Gasteiger partial charge >= 0.3 is 6.03 Å². The normalized spacial score (nSPS) is 15.8. The van der Waals surface area contributed by atoms with E-state index in [4.69, 9.17) is 4.74 Å². The van der Waals surface area contributed by atoms with E-state index in [1.807, 2.05) is 36.6 Å². The van der Waals surface area contributed by atoms with Crippen molar-refractivity contribution in [3.63, 3.8) is 0 Å². The second kappa shape index (κ2) is 8.12. The van der Waals surface area contributed by atoms with E-state index in [0.717, 1.165) is 29.3 Å². The summed E-state index contributed by atoms with van der Waals surface area (Å²) in [5.74, 6) is 0.924. The molecule has 3 heterocycles. The van der Waals surface area contributed by atoms with Crippen LogP contribution in [0.25, 0.3) is 0 Å². The van der Waals surface area contributed by atoms with E-state index in [-0.39, 0.29) is 12.1 Å². The van der Waals surface area contributed by atoms with Gasteiger partial charge in [0.2, 0.25) is 0 Å². The van der Waals surface area contributed by atoms with E-state index >= 15 is 0 Å². The number of amides is 2. The molecule has 2 aromatic rings. The lowest BCUT2D eigenvalue weighted by molar-refractivity contribution is 0.122. The highest BCUT2D eigenvalue weighted by atomic mass is 32.1. The molecule has 0 aliphatic carbocycles. The molecule has 128 valence electrons. The lowest BCUT2D eigenvalue weighted by Crippen LogP contribution is -2.39. The SMILES string of the molecule is C[C@H](NC(=O)NCc1cccnc1N1CCOCC1)c1cccs1. The number of thiophene rings is 1. The zero-order chi connectivity index (χ0) is 16.8. The zero-order valence-electron chi connectivity index (χ0n) is 13.7. The smallest absolute Gasteiger partial charge is 0.315 e. The Labute approximate surface area is 145 Å². The number of carbonyl (C=O) groups excluding carboxylic acids is 1. The van der Waals surface area contributed by atoms with Crippen LogP contribution in [0.3, 0.4) is 0 Å². The Bertz CT molecular complexity index is 656. The van der Waals surface area contributed by atoms with Gasteiger partial charge in [-0.05, 0) is 24.4 Å². The number of carbonyl (C=O) groups is 1. The van der Waals surface area contributed by atoms with E-state index in [0.29, 0.717) is 19.8 Å². The quantitative estimate of drug-likeness (QED) is 0.873. The molecule has 24 heavy (non-hydrogen) atoms. The van der Waals surface area contributed by atoms with Gasteiger partial charge in [-0.3, -0.25) is 0 Å². The van der Waals surface area contributed by atoms with E-state index < -0.39 is 0 Å². The molecule has 1 aliphatic rings. The molecule has 0 radical (unpaired) electrons. The fourth-order valence-electron chi connectivity index (χ4n) is 2.66. The molecule has 1 aliphatic heterocycles. The molecule has 7 heteroatoms. The molecule has 6 nitrogen and oxygen atoms in total. The van der Waals surface area contributed by atoms with Gasteiger partial charge in [0.1, 0.15) is 5.82 Å². The minimum absolute atomic E-state index is 0.00221. The predicted molar refractivity (Wildman–Crippen MR) is 95.4 cm³/mol. The highest BCUT2D eigenvalue weighted by molar-refractivity contribution is 7.10. The van der Waals surface area contributed by atoms with Gasteiger partial charge < -0.3 is 20.3 Å². The molecule has 2 aromatic heterocycles. The van der Waals surface area contributed by atoms with Gasteiger partial charge in [0.05, 0.1) is 19.3 Å². The van der Waals surface area contributed by atoms with Crippen molar-refractivity contribution in [1.29, 1.82) is 0 Å². The lowest BCUT2D eigenvalue weighted by atomic mass is 10.2. The molecule has 2 amide bonds. The second-order valence-corrected chi connectivity index (χ2v) is 6.63. The predicted octanol–water partition coefficient (Wildman–Crippen LogP) is 2.54. The van der Waals surface area contributed by atoms with Gasteiger partial charge in [-0.2, -0.15) is 0 Å². The first-order valence-electron chi connectivity index (χ1n) is 8.08. The molecule has 1 fully saturated rings. The number of pyridine rings is 1. The average molecular weight is 346 g/mol. The van der Waals surface area contributed by atoms with Crippen LogP contribution >= 0.6 is 11.3 Å². The molecule has 1 saturated heterocycles. The standard InChI is InChI=1S/C17H22N4O2S/c1-13(15-5-3-11-24-15)20-17(22)19-12-14-4-2-6-18-16(14)21-7-9-23-10-8-21/h2-6,11,13H,7-10,12H2,1H3,(H2,19,20,22)/t13-/m0/s1. The van der Waals surface area contributed by atoms with E-state index in [2.05, 4.69) is 20.5 Å². The summed E-state index contributed by atoms with van der Waals surface area (Å²) in [6.45, 7) is 5.50. The van der Waals surface area contributed by atoms with Crippen molar-refractivity contribution in [3.05, 3.63) is 46.3 Å². The number of rotatable bonds is 5. The summed E-state index contributed by atoms with van der Waals surface area (Å²) < 4.78 is 5.39. The summed E-state index contributed by atoms with van der Waals surface area (Å²) in [5.41, 5.74) is 1.01.